The zero-order valence-corrected chi connectivity index (χ0v) is 10.3. The maximum atomic E-state index is 6.05. The van der Waals surface area contributed by atoms with E-state index in [0.29, 0.717) is 23.3 Å². The van der Waals surface area contributed by atoms with Gasteiger partial charge in [0.15, 0.2) is 6.29 Å². The van der Waals surface area contributed by atoms with E-state index in [4.69, 9.17) is 32.7 Å². The molecule has 1 aromatic rings. The molecule has 0 N–H and O–H groups in total. The molecule has 0 unspecified atom stereocenters. The molecule has 0 saturated carbocycles. The Morgan fingerprint density at radius 2 is 1.73 bits per heavy atom. The highest BCUT2D eigenvalue weighted by atomic mass is 35.5. The van der Waals surface area contributed by atoms with Gasteiger partial charge in [-0.3, -0.25) is 0 Å². The van der Waals surface area contributed by atoms with Crippen LogP contribution in [0.25, 0.3) is 0 Å². The Balaban J connectivity index is 2.89. The smallest absolute Gasteiger partial charge is 0.185 e. The zero-order chi connectivity index (χ0) is 11.3. The van der Waals surface area contributed by atoms with Gasteiger partial charge in [0.25, 0.3) is 0 Å². The van der Waals surface area contributed by atoms with Crippen LogP contribution in [0.3, 0.4) is 0 Å². The molecule has 0 heterocycles. The summed E-state index contributed by atoms with van der Waals surface area (Å²) in [5.41, 5.74) is 0.810. The minimum atomic E-state index is -0.412. The predicted octanol–water partition coefficient (Wildman–Crippen LogP) is 4.07. The molecule has 0 aliphatic carbocycles. The van der Waals surface area contributed by atoms with Crippen molar-refractivity contribution in [2.75, 3.05) is 13.2 Å². The second kappa shape index (κ2) is 6.33. The fourth-order valence-corrected chi connectivity index (χ4v) is 1.72. The molecular weight excluding hydrogens is 235 g/mol. The summed E-state index contributed by atoms with van der Waals surface area (Å²) in [5.74, 6) is 0. The molecule has 2 nitrogen and oxygen atoms in total. The van der Waals surface area contributed by atoms with Crippen LogP contribution in [0.4, 0.5) is 0 Å². The summed E-state index contributed by atoms with van der Waals surface area (Å²) < 4.78 is 10.9. The molecule has 0 bridgehead atoms. The molecule has 0 atom stereocenters. The minimum absolute atomic E-state index is 0.412. The Morgan fingerprint density at radius 1 is 1.13 bits per heavy atom. The van der Waals surface area contributed by atoms with E-state index in [2.05, 4.69) is 0 Å². The van der Waals surface area contributed by atoms with E-state index in [9.17, 15) is 0 Å². The topological polar surface area (TPSA) is 18.5 Å². The van der Waals surface area contributed by atoms with Crippen LogP contribution in [0.2, 0.25) is 10.0 Å². The van der Waals surface area contributed by atoms with Crippen LogP contribution in [0.15, 0.2) is 18.2 Å². The Labute approximate surface area is 100 Å². The molecule has 4 heteroatoms. The number of hydrogen-bond donors (Lipinski definition) is 0. The molecule has 0 spiro atoms. The van der Waals surface area contributed by atoms with E-state index in [1.165, 1.54) is 0 Å². The summed E-state index contributed by atoms with van der Waals surface area (Å²) in [6.45, 7) is 4.97. The van der Waals surface area contributed by atoms with E-state index in [-0.39, 0.29) is 0 Å². The fraction of sp³-hybridized carbons (Fsp3) is 0.455. The highest BCUT2D eigenvalue weighted by Crippen LogP contribution is 2.29. The minimum Gasteiger partial charge on any atom is -0.349 e. The van der Waals surface area contributed by atoms with Gasteiger partial charge in [0.2, 0.25) is 0 Å². The van der Waals surface area contributed by atoms with Crippen molar-refractivity contribution in [3.63, 3.8) is 0 Å². The lowest BCUT2D eigenvalue weighted by Crippen LogP contribution is -2.09. The van der Waals surface area contributed by atoms with E-state index in [1.54, 1.807) is 12.1 Å². The third-order valence-electron chi connectivity index (χ3n) is 1.85. The Bertz CT molecular complexity index is 309. The molecule has 1 rings (SSSR count). The number of rotatable bonds is 5. The molecule has 0 aromatic heterocycles. The SMILES string of the molecule is CCOC(OCC)c1ccc(Cl)cc1Cl. The average Bonchev–Trinajstić information content (AvgIpc) is 2.17. The molecule has 15 heavy (non-hydrogen) atoms. The third kappa shape index (κ3) is 3.65. The van der Waals surface area contributed by atoms with E-state index >= 15 is 0 Å². The van der Waals surface area contributed by atoms with Crippen LogP contribution in [0, 0.1) is 0 Å². The number of halogens is 2. The Morgan fingerprint density at radius 3 is 2.20 bits per heavy atom. The first-order valence-electron chi connectivity index (χ1n) is 4.87. The summed E-state index contributed by atoms with van der Waals surface area (Å²) >= 11 is 11.9. The molecule has 0 aliphatic rings. The summed E-state index contributed by atoms with van der Waals surface area (Å²) in [6.07, 6.45) is -0.412. The van der Waals surface area contributed by atoms with Gasteiger partial charge in [-0.25, -0.2) is 0 Å². The second-order valence-electron chi connectivity index (χ2n) is 2.91. The Kier molecular flexibility index (Phi) is 5.40. The fourth-order valence-electron chi connectivity index (χ4n) is 1.22. The molecular formula is C11H14Cl2O2. The number of ether oxygens (including phenoxy) is 2. The lowest BCUT2D eigenvalue weighted by molar-refractivity contribution is -0.140. The van der Waals surface area contributed by atoms with Gasteiger partial charge < -0.3 is 9.47 Å². The molecule has 0 aliphatic heterocycles. The standard InChI is InChI=1S/C11H14Cl2O2/c1-3-14-11(15-4-2)9-6-5-8(12)7-10(9)13/h5-7,11H,3-4H2,1-2H3. The highest BCUT2D eigenvalue weighted by molar-refractivity contribution is 6.35. The van der Waals surface area contributed by atoms with Crippen molar-refractivity contribution in [1.82, 2.24) is 0 Å². The van der Waals surface area contributed by atoms with Crippen molar-refractivity contribution in [1.29, 1.82) is 0 Å². The van der Waals surface area contributed by atoms with Crippen molar-refractivity contribution in [3.05, 3.63) is 33.8 Å². The van der Waals surface area contributed by atoms with Crippen molar-refractivity contribution in [3.8, 4) is 0 Å². The van der Waals surface area contributed by atoms with Crippen LogP contribution in [0.1, 0.15) is 25.7 Å². The molecule has 0 fully saturated rings. The first-order chi connectivity index (χ1) is 7.19. The number of hydrogen-bond acceptors (Lipinski definition) is 2. The molecule has 1 aromatic carbocycles. The normalized spacial score (nSPS) is 11.0. The van der Waals surface area contributed by atoms with Crippen LogP contribution in [0.5, 0.6) is 0 Å². The molecule has 0 radical (unpaired) electrons. The van der Waals surface area contributed by atoms with Crippen LogP contribution >= 0.6 is 23.2 Å². The summed E-state index contributed by atoms with van der Waals surface area (Å²) in [6, 6.07) is 5.28. The first-order valence-corrected chi connectivity index (χ1v) is 5.62. The maximum Gasteiger partial charge on any atom is 0.185 e. The second-order valence-corrected chi connectivity index (χ2v) is 3.75. The van der Waals surface area contributed by atoms with Gasteiger partial charge in [-0.05, 0) is 26.0 Å². The van der Waals surface area contributed by atoms with Gasteiger partial charge in [0.05, 0.1) is 5.02 Å². The van der Waals surface area contributed by atoms with Crippen LogP contribution in [-0.2, 0) is 9.47 Å². The largest absolute Gasteiger partial charge is 0.349 e. The molecule has 0 saturated heterocycles. The lowest BCUT2D eigenvalue weighted by Gasteiger charge is -2.18. The van der Waals surface area contributed by atoms with Crippen LogP contribution in [-0.4, -0.2) is 13.2 Å². The van der Waals surface area contributed by atoms with Gasteiger partial charge in [-0.2, -0.15) is 0 Å². The summed E-state index contributed by atoms with van der Waals surface area (Å²) in [4.78, 5) is 0. The third-order valence-corrected chi connectivity index (χ3v) is 2.41. The highest BCUT2D eigenvalue weighted by Gasteiger charge is 2.14. The van der Waals surface area contributed by atoms with Crippen molar-refractivity contribution in [2.24, 2.45) is 0 Å². The van der Waals surface area contributed by atoms with E-state index in [0.717, 1.165) is 5.56 Å². The van der Waals surface area contributed by atoms with Crippen molar-refractivity contribution >= 4 is 23.2 Å². The Hall–Kier alpha value is -0.280. The molecule has 84 valence electrons. The van der Waals surface area contributed by atoms with Gasteiger partial charge in [0.1, 0.15) is 0 Å². The lowest BCUT2D eigenvalue weighted by atomic mass is 10.2. The molecule has 0 amide bonds. The van der Waals surface area contributed by atoms with Gasteiger partial charge in [0, 0.05) is 23.8 Å². The monoisotopic (exact) mass is 248 g/mol. The van der Waals surface area contributed by atoms with Crippen molar-refractivity contribution in [2.45, 2.75) is 20.1 Å². The summed E-state index contributed by atoms with van der Waals surface area (Å²) in [7, 11) is 0. The van der Waals surface area contributed by atoms with E-state index in [1.807, 2.05) is 19.9 Å². The van der Waals surface area contributed by atoms with Gasteiger partial charge in [-0.15, -0.1) is 0 Å². The zero-order valence-electron chi connectivity index (χ0n) is 8.80. The van der Waals surface area contributed by atoms with E-state index < -0.39 is 6.29 Å². The first kappa shape index (κ1) is 12.8. The summed E-state index contributed by atoms with van der Waals surface area (Å²) in [5, 5.41) is 1.17. The van der Waals surface area contributed by atoms with Gasteiger partial charge in [-0.1, -0.05) is 29.3 Å². The maximum absolute atomic E-state index is 6.05. The average molecular weight is 249 g/mol. The predicted molar refractivity (Wildman–Crippen MR) is 62.5 cm³/mol. The quantitative estimate of drug-likeness (QED) is 0.732. The van der Waals surface area contributed by atoms with Crippen LogP contribution < -0.4 is 0 Å². The number of benzene rings is 1. The van der Waals surface area contributed by atoms with Gasteiger partial charge >= 0.3 is 0 Å². The van der Waals surface area contributed by atoms with Crippen molar-refractivity contribution < 1.29 is 9.47 Å².